The Hall–Kier alpha value is -1.63. The van der Waals surface area contributed by atoms with Gasteiger partial charge in [0.25, 0.3) is 0 Å². The lowest BCUT2D eigenvalue weighted by Gasteiger charge is -2.33. The number of hydrogen-bond donors (Lipinski definition) is 0. The van der Waals surface area contributed by atoms with Gasteiger partial charge in [0.15, 0.2) is 9.84 Å². The highest BCUT2D eigenvalue weighted by atomic mass is 32.2. The van der Waals surface area contributed by atoms with Gasteiger partial charge in [-0.25, -0.2) is 13.2 Å². The van der Waals surface area contributed by atoms with Gasteiger partial charge in [0, 0.05) is 32.0 Å². The highest BCUT2D eigenvalue weighted by Crippen LogP contribution is 2.28. The van der Waals surface area contributed by atoms with Crippen LogP contribution in [0.2, 0.25) is 0 Å². The fourth-order valence-corrected chi connectivity index (χ4v) is 4.01. The van der Waals surface area contributed by atoms with Crippen molar-refractivity contribution >= 4 is 21.6 Å². The molecule has 7 heteroatoms. The Morgan fingerprint density at radius 2 is 2.20 bits per heavy atom. The van der Waals surface area contributed by atoms with Crippen LogP contribution in [0.1, 0.15) is 12.5 Å². The molecule has 1 unspecified atom stereocenters. The quantitative estimate of drug-likeness (QED) is 0.706. The Balaban J connectivity index is 1.78. The molecule has 0 bridgehead atoms. The molecule has 0 saturated carbocycles. The van der Waals surface area contributed by atoms with Crippen LogP contribution < -0.4 is 4.90 Å². The van der Waals surface area contributed by atoms with E-state index in [4.69, 9.17) is 0 Å². The molecule has 2 aliphatic rings. The SMILES string of the molecule is CC1CN(C(=O)N2CCc3cnccc32)CCS1(=O)=O. The Kier molecular flexibility index (Phi) is 3.16. The van der Waals surface area contributed by atoms with E-state index in [-0.39, 0.29) is 24.9 Å². The summed E-state index contributed by atoms with van der Waals surface area (Å²) in [6.45, 7) is 2.86. The Morgan fingerprint density at radius 3 is 2.95 bits per heavy atom. The van der Waals surface area contributed by atoms with Gasteiger partial charge >= 0.3 is 6.03 Å². The molecular weight excluding hydrogens is 278 g/mol. The van der Waals surface area contributed by atoms with E-state index in [0.29, 0.717) is 6.54 Å². The second kappa shape index (κ2) is 4.73. The van der Waals surface area contributed by atoms with E-state index in [1.165, 1.54) is 0 Å². The first kappa shape index (κ1) is 13.4. The molecule has 2 aliphatic heterocycles. The van der Waals surface area contributed by atoms with Crippen LogP contribution in [0.3, 0.4) is 0 Å². The fraction of sp³-hybridized carbons (Fsp3) is 0.538. The molecule has 3 heterocycles. The maximum atomic E-state index is 12.6. The number of urea groups is 1. The van der Waals surface area contributed by atoms with Crippen molar-refractivity contribution in [2.24, 2.45) is 0 Å². The minimum Gasteiger partial charge on any atom is -0.322 e. The van der Waals surface area contributed by atoms with Gasteiger partial charge in [-0.2, -0.15) is 0 Å². The summed E-state index contributed by atoms with van der Waals surface area (Å²) >= 11 is 0. The number of carbonyl (C=O) groups excluding carboxylic acids is 1. The van der Waals surface area contributed by atoms with Crippen LogP contribution in [0.4, 0.5) is 10.5 Å². The standard InChI is InChI=1S/C13H17N3O3S/c1-10-9-15(6-7-20(10,18)19)13(17)16-5-3-11-8-14-4-2-12(11)16/h2,4,8,10H,3,5-7,9H2,1H3. The summed E-state index contributed by atoms with van der Waals surface area (Å²) in [7, 11) is -3.03. The van der Waals surface area contributed by atoms with Gasteiger partial charge in [-0.05, 0) is 25.0 Å². The van der Waals surface area contributed by atoms with Crippen molar-refractivity contribution in [3.05, 3.63) is 24.0 Å². The van der Waals surface area contributed by atoms with Gasteiger partial charge < -0.3 is 4.90 Å². The van der Waals surface area contributed by atoms with Crippen molar-refractivity contribution < 1.29 is 13.2 Å². The molecule has 20 heavy (non-hydrogen) atoms. The summed E-state index contributed by atoms with van der Waals surface area (Å²) in [5.41, 5.74) is 1.96. The maximum absolute atomic E-state index is 12.6. The number of sulfone groups is 1. The number of rotatable bonds is 0. The molecule has 3 rings (SSSR count). The van der Waals surface area contributed by atoms with Crippen LogP contribution in [0.15, 0.2) is 18.5 Å². The van der Waals surface area contributed by atoms with E-state index in [1.807, 2.05) is 6.07 Å². The molecule has 2 amide bonds. The molecular formula is C13H17N3O3S. The van der Waals surface area contributed by atoms with Gasteiger partial charge in [0.2, 0.25) is 0 Å². The number of fused-ring (bicyclic) bond motifs is 1. The van der Waals surface area contributed by atoms with E-state index in [9.17, 15) is 13.2 Å². The molecule has 1 saturated heterocycles. The van der Waals surface area contributed by atoms with Crippen molar-refractivity contribution in [1.29, 1.82) is 0 Å². The largest absolute Gasteiger partial charge is 0.324 e. The summed E-state index contributed by atoms with van der Waals surface area (Å²) < 4.78 is 23.4. The van der Waals surface area contributed by atoms with E-state index in [0.717, 1.165) is 17.7 Å². The van der Waals surface area contributed by atoms with Crippen molar-refractivity contribution in [3.63, 3.8) is 0 Å². The van der Waals surface area contributed by atoms with E-state index in [2.05, 4.69) is 4.98 Å². The van der Waals surface area contributed by atoms with E-state index in [1.54, 1.807) is 29.1 Å². The lowest BCUT2D eigenvalue weighted by molar-refractivity contribution is 0.206. The Morgan fingerprint density at radius 1 is 1.40 bits per heavy atom. The van der Waals surface area contributed by atoms with Crippen molar-refractivity contribution in [2.45, 2.75) is 18.6 Å². The summed E-state index contributed by atoms with van der Waals surface area (Å²) in [5.74, 6) is 0.0525. The maximum Gasteiger partial charge on any atom is 0.324 e. The summed E-state index contributed by atoms with van der Waals surface area (Å²) in [6, 6.07) is 1.74. The topological polar surface area (TPSA) is 70.6 Å². The minimum absolute atomic E-state index is 0.0525. The zero-order valence-corrected chi connectivity index (χ0v) is 12.1. The van der Waals surface area contributed by atoms with Crippen molar-refractivity contribution in [3.8, 4) is 0 Å². The van der Waals surface area contributed by atoms with E-state index >= 15 is 0 Å². The lowest BCUT2D eigenvalue weighted by atomic mass is 10.2. The number of amides is 2. The predicted octanol–water partition coefficient (Wildman–Crippen LogP) is 0.683. The molecule has 6 nitrogen and oxygen atoms in total. The third-order valence-corrected chi connectivity index (χ3v) is 6.14. The van der Waals surface area contributed by atoms with Crippen LogP contribution in [-0.4, -0.2) is 55.0 Å². The third-order valence-electron chi connectivity index (χ3n) is 4.01. The predicted molar refractivity (Wildman–Crippen MR) is 75.5 cm³/mol. The molecule has 0 radical (unpaired) electrons. The molecule has 0 aliphatic carbocycles. The highest BCUT2D eigenvalue weighted by Gasteiger charge is 2.35. The number of hydrogen-bond acceptors (Lipinski definition) is 4. The number of carbonyl (C=O) groups is 1. The number of nitrogens with zero attached hydrogens (tertiary/aromatic N) is 3. The first-order chi connectivity index (χ1) is 9.49. The molecule has 108 valence electrons. The van der Waals surface area contributed by atoms with Gasteiger partial charge in [0.05, 0.1) is 16.7 Å². The Bertz CT molecular complexity index is 644. The number of aromatic nitrogens is 1. The first-order valence-electron chi connectivity index (χ1n) is 6.70. The van der Waals surface area contributed by atoms with Crippen LogP contribution in [0.5, 0.6) is 0 Å². The first-order valence-corrected chi connectivity index (χ1v) is 8.41. The number of pyridine rings is 1. The summed E-state index contributed by atoms with van der Waals surface area (Å²) in [4.78, 5) is 20.0. The second-order valence-electron chi connectivity index (χ2n) is 5.31. The van der Waals surface area contributed by atoms with E-state index < -0.39 is 15.1 Å². The molecule has 1 fully saturated rings. The highest BCUT2D eigenvalue weighted by molar-refractivity contribution is 7.92. The van der Waals surface area contributed by atoms with Gasteiger partial charge in [-0.1, -0.05) is 0 Å². The van der Waals surface area contributed by atoms with Crippen LogP contribution in [0.25, 0.3) is 0 Å². The Labute approximate surface area is 118 Å². The van der Waals surface area contributed by atoms with Crippen molar-refractivity contribution in [2.75, 3.05) is 30.3 Å². The minimum atomic E-state index is -3.03. The van der Waals surface area contributed by atoms with Crippen molar-refractivity contribution in [1.82, 2.24) is 9.88 Å². The normalized spacial score (nSPS) is 24.6. The average molecular weight is 295 g/mol. The van der Waals surface area contributed by atoms with Crippen LogP contribution in [0, 0.1) is 0 Å². The molecule has 0 N–H and O–H groups in total. The second-order valence-corrected chi connectivity index (χ2v) is 7.85. The fourth-order valence-electron chi connectivity index (χ4n) is 2.73. The zero-order valence-electron chi connectivity index (χ0n) is 11.3. The molecule has 0 aromatic carbocycles. The third kappa shape index (κ3) is 2.15. The molecule has 1 aromatic heterocycles. The molecule has 1 atom stereocenters. The van der Waals surface area contributed by atoms with Gasteiger partial charge in [0.1, 0.15) is 0 Å². The smallest absolute Gasteiger partial charge is 0.322 e. The number of anilines is 1. The molecule has 0 spiro atoms. The van der Waals surface area contributed by atoms with Crippen LogP contribution >= 0.6 is 0 Å². The van der Waals surface area contributed by atoms with Crippen LogP contribution in [-0.2, 0) is 16.3 Å². The molecule has 1 aromatic rings. The summed E-state index contributed by atoms with van der Waals surface area (Å²) in [6.07, 6.45) is 4.26. The summed E-state index contributed by atoms with van der Waals surface area (Å²) in [5, 5.41) is -0.486. The average Bonchev–Trinajstić information content (AvgIpc) is 2.85. The lowest BCUT2D eigenvalue weighted by Crippen LogP contribution is -2.52. The monoisotopic (exact) mass is 295 g/mol. The van der Waals surface area contributed by atoms with Gasteiger partial charge in [-0.3, -0.25) is 9.88 Å². The van der Waals surface area contributed by atoms with Gasteiger partial charge in [-0.15, -0.1) is 0 Å². The zero-order chi connectivity index (χ0) is 14.3.